The van der Waals surface area contributed by atoms with Crippen LogP contribution in [0.3, 0.4) is 0 Å². The van der Waals surface area contributed by atoms with Crippen molar-refractivity contribution >= 4 is 11.8 Å². The molecule has 4 atom stereocenters. The fourth-order valence-corrected chi connectivity index (χ4v) is 2.29. The van der Waals surface area contributed by atoms with Crippen molar-refractivity contribution in [2.24, 2.45) is 0 Å². The lowest BCUT2D eigenvalue weighted by Crippen LogP contribution is -2.34. The lowest BCUT2D eigenvalue weighted by atomic mass is 10.1. The van der Waals surface area contributed by atoms with E-state index in [0.29, 0.717) is 0 Å². The number of nitrogens with zero attached hydrogens (tertiary/aromatic N) is 2. The molecule has 2 rings (SSSR count). The van der Waals surface area contributed by atoms with E-state index in [4.69, 9.17) is 9.84 Å². The number of aliphatic hydroxyl groups excluding tert-OH is 3. The summed E-state index contributed by atoms with van der Waals surface area (Å²) >= 11 is 0. The number of nitrogens with one attached hydrogen (secondary N) is 2. The second-order valence-electron chi connectivity index (χ2n) is 4.74. The van der Waals surface area contributed by atoms with Gasteiger partial charge in [0.25, 0.3) is 11.8 Å². The molecule has 1 aliphatic rings. The molecule has 1 saturated heterocycles. The molecule has 5 N–H and O–H groups in total. The summed E-state index contributed by atoms with van der Waals surface area (Å²) in [6.07, 6.45) is -3.69. The van der Waals surface area contributed by atoms with Gasteiger partial charge in [-0.05, 0) is 0 Å². The number of carbonyl (C=O) groups excluding carboxylic acids is 2. The molecule has 0 spiro atoms. The van der Waals surface area contributed by atoms with Crippen LogP contribution >= 0.6 is 0 Å². The Kier molecular flexibility index (Phi) is 4.76. The molecule has 0 aliphatic carbocycles. The average molecular weight is 314 g/mol. The zero-order valence-corrected chi connectivity index (χ0v) is 12.1. The summed E-state index contributed by atoms with van der Waals surface area (Å²) in [5, 5.41) is 33.7. The first kappa shape index (κ1) is 16.4. The van der Waals surface area contributed by atoms with Crippen LogP contribution in [0.4, 0.5) is 0 Å². The van der Waals surface area contributed by atoms with Gasteiger partial charge in [-0.15, -0.1) is 0 Å². The van der Waals surface area contributed by atoms with Crippen molar-refractivity contribution in [3.8, 4) is 0 Å². The molecule has 10 nitrogen and oxygen atoms in total. The number of imidazole rings is 1. The first-order chi connectivity index (χ1) is 10.5. The van der Waals surface area contributed by atoms with Gasteiger partial charge in [-0.2, -0.15) is 0 Å². The highest BCUT2D eigenvalue weighted by molar-refractivity contribution is 6.04. The lowest BCUT2D eigenvalue weighted by molar-refractivity contribution is -0.0535. The molecule has 1 aliphatic heterocycles. The second-order valence-corrected chi connectivity index (χ2v) is 4.74. The van der Waals surface area contributed by atoms with Crippen molar-refractivity contribution in [2.45, 2.75) is 24.5 Å². The predicted molar refractivity (Wildman–Crippen MR) is 72.0 cm³/mol. The summed E-state index contributed by atoms with van der Waals surface area (Å²) in [6.45, 7) is -0.499. The maximum Gasteiger partial charge on any atom is 0.272 e. The monoisotopic (exact) mass is 314 g/mol. The number of hydrogen-bond acceptors (Lipinski definition) is 7. The van der Waals surface area contributed by atoms with Crippen LogP contribution in [0, 0.1) is 0 Å². The van der Waals surface area contributed by atoms with Crippen molar-refractivity contribution in [2.75, 3.05) is 20.7 Å². The van der Waals surface area contributed by atoms with Gasteiger partial charge in [-0.25, -0.2) is 4.98 Å². The lowest BCUT2D eigenvalue weighted by Gasteiger charge is -2.18. The molecule has 0 saturated carbocycles. The SMILES string of the molecule is CNC(=O)c1ncn([C@@H]2O[C@H](CO)[C@@H](O)[C@H]2O)c1C(=O)NC. The Labute approximate surface area is 125 Å². The molecule has 22 heavy (non-hydrogen) atoms. The highest BCUT2D eigenvalue weighted by atomic mass is 16.6. The van der Waals surface area contributed by atoms with Crippen LogP contribution in [0.2, 0.25) is 0 Å². The Morgan fingerprint density at radius 3 is 2.41 bits per heavy atom. The van der Waals surface area contributed by atoms with Crippen molar-refractivity contribution in [1.82, 2.24) is 20.2 Å². The molecule has 10 heteroatoms. The van der Waals surface area contributed by atoms with Gasteiger partial charge in [0.1, 0.15) is 24.0 Å². The number of amides is 2. The largest absolute Gasteiger partial charge is 0.394 e. The van der Waals surface area contributed by atoms with Crippen molar-refractivity contribution in [3.05, 3.63) is 17.7 Å². The van der Waals surface area contributed by atoms with Gasteiger partial charge in [-0.1, -0.05) is 0 Å². The Morgan fingerprint density at radius 1 is 1.27 bits per heavy atom. The van der Waals surface area contributed by atoms with Gasteiger partial charge < -0.3 is 30.7 Å². The minimum atomic E-state index is -1.38. The predicted octanol–water partition coefficient (Wildman–Crippen LogP) is -2.79. The second kappa shape index (κ2) is 6.40. The first-order valence-electron chi connectivity index (χ1n) is 6.59. The van der Waals surface area contributed by atoms with Crippen LogP contribution in [0.25, 0.3) is 0 Å². The maximum atomic E-state index is 12.0. The highest BCUT2D eigenvalue weighted by Crippen LogP contribution is 2.30. The Bertz CT molecular complexity index is 574. The van der Waals surface area contributed by atoms with Gasteiger partial charge in [0.05, 0.1) is 12.9 Å². The van der Waals surface area contributed by atoms with E-state index in [9.17, 15) is 19.8 Å². The Morgan fingerprint density at radius 2 is 1.91 bits per heavy atom. The molecular weight excluding hydrogens is 296 g/mol. The Hall–Kier alpha value is -2.01. The van der Waals surface area contributed by atoms with Gasteiger partial charge in [0.2, 0.25) is 0 Å². The van der Waals surface area contributed by atoms with E-state index in [2.05, 4.69) is 15.6 Å². The van der Waals surface area contributed by atoms with Gasteiger partial charge >= 0.3 is 0 Å². The summed E-state index contributed by atoms with van der Waals surface area (Å²) in [6, 6.07) is 0. The zero-order valence-electron chi connectivity index (χ0n) is 12.1. The van der Waals surface area contributed by atoms with Crippen molar-refractivity contribution < 1.29 is 29.6 Å². The molecule has 2 amide bonds. The smallest absolute Gasteiger partial charge is 0.272 e. The maximum absolute atomic E-state index is 12.0. The highest BCUT2D eigenvalue weighted by Gasteiger charge is 2.45. The number of rotatable bonds is 4. The summed E-state index contributed by atoms with van der Waals surface area (Å²) in [5.41, 5.74) is -0.253. The van der Waals surface area contributed by atoms with E-state index in [-0.39, 0.29) is 11.4 Å². The fourth-order valence-electron chi connectivity index (χ4n) is 2.29. The molecule has 0 radical (unpaired) electrons. The minimum Gasteiger partial charge on any atom is -0.394 e. The minimum absolute atomic E-state index is 0.114. The van der Waals surface area contributed by atoms with E-state index in [1.165, 1.54) is 14.1 Å². The number of carbonyl (C=O) groups is 2. The molecule has 0 bridgehead atoms. The van der Waals surface area contributed by atoms with E-state index in [1.54, 1.807) is 0 Å². The van der Waals surface area contributed by atoms with E-state index < -0.39 is 43.0 Å². The van der Waals surface area contributed by atoms with Crippen LogP contribution in [0.5, 0.6) is 0 Å². The van der Waals surface area contributed by atoms with Gasteiger partial charge in [0, 0.05) is 14.1 Å². The topological polar surface area (TPSA) is 146 Å². The van der Waals surface area contributed by atoms with E-state index in [0.717, 1.165) is 10.9 Å². The average Bonchev–Trinajstić information content (AvgIpc) is 3.08. The van der Waals surface area contributed by atoms with E-state index in [1.807, 2.05) is 0 Å². The third-order valence-corrected chi connectivity index (χ3v) is 3.47. The van der Waals surface area contributed by atoms with Crippen LogP contribution in [0.15, 0.2) is 6.33 Å². The molecular formula is C12H18N4O6. The third-order valence-electron chi connectivity index (χ3n) is 3.47. The summed E-state index contributed by atoms with van der Waals surface area (Å²) in [4.78, 5) is 27.7. The van der Waals surface area contributed by atoms with Crippen molar-refractivity contribution in [3.63, 3.8) is 0 Å². The number of ether oxygens (including phenoxy) is 1. The molecule has 1 aromatic heterocycles. The number of hydrogen-bond donors (Lipinski definition) is 5. The molecule has 0 aromatic carbocycles. The molecule has 122 valence electrons. The van der Waals surface area contributed by atoms with Crippen LogP contribution in [-0.4, -0.2) is 75.7 Å². The van der Waals surface area contributed by atoms with Gasteiger partial charge in [-0.3, -0.25) is 14.2 Å². The fraction of sp³-hybridized carbons (Fsp3) is 0.583. The van der Waals surface area contributed by atoms with Crippen LogP contribution in [-0.2, 0) is 4.74 Å². The zero-order chi connectivity index (χ0) is 16.4. The third kappa shape index (κ3) is 2.57. The molecule has 2 heterocycles. The molecule has 1 aromatic rings. The molecule has 0 unspecified atom stereocenters. The van der Waals surface area contributed by atoms with Crippen molar-refractivity contribution in [1.29, 1.82) is 0 Å². The number of aromatic nitrogens is 2. The van der Waals surface area contributed by atoms with Crippen LogP contribution < -0.4 is 10.6 Å². The van der Waals surface area contributed by atoms with E-state index >= 15 is 0 Å². The summed E-state index contributed by atoms with van der Waals surface area (Å²) < 4.78 is 6.50. The molecule has 1 fully saturated rings. The number of aliphatic hydroxyl groups is 3. The Balaban J connectivity index is 2.45. The quantitative estimate of drug-likeness (QED) is 0.404. The van der Waals surface area contributed by atoms with Gasteiger partial charge in [0.15, 0.2) is 11.9 Å². The standard InChI is InChI=1S/C12H18N4O6/c1-13-10(20)6-7(11(21)14-2)16(4-15-6)12-9(19)8(18)5(3-17)22-12/h4-5,8-9,12,17-19H,3H2,1-2H3,(H,13,20)(H,14,21)/t5-,8-,9-,12-/m1/s1. The summed E-state index contributed by atoms with van der Waals surface area (Å²) in [5.74, 6) is -1.18. The van der Waals surface area contributed by atoms with Crippen LogP contribution in [0.1, 0.15) is 27.2 Å². The summed E-state index contributed by atoms with van der Waals surface area (Å²) in [7, 11) is 2.77. The first-order valence-corrected chi connectivity index (χ1v) is 6.59. The normalized spacial score (nSPS) is 27.7.